The molecule has 116 valence electrons. The van der Waals surface area contributed by atoms with Gasteiger partial charge in [0.2, 0.25) is 5.95 Å². The Morgan fingerprint density at radius 3 is 2.27 bits per heavy atom. The molecule has 0 aliphatic rings. The molecular formula is C15H19N5O2. The second kappa shape index (κ2) is 7.35. The van der Waals surface area contributed by atoms with Gasteiger partial charge in [-0.05, 0) is 37.1 Å². The molecule has 0 spiro atoms. The van der Waals surface area contributed by atoms with Gasteiger partial charge in [-0.3, -0.25) is 5.32 Å². The zero-order valence-corrected chi connectivity index (χ0v) is 12.9. The highest BCUT2D eigenvalue weighted by atomic mass is 16.5. The van der Waals surface area contributed by atoms with Crippen molar-refractivity contribution in [3.8, 4) is 0 Å². The second-order valence-corrected chi connectivity index (χ2v) is 4.55. The van der Waals surface area contributed by atoms with Crippen LogP contribution in [0.4, 0.5) is 22.1 Å². The van der Waals surface area contributed by atoms with Gasteiger partial charge in [-0.15, -0.1) is 10.2 Å². The lowest BCUT2D eigenvalue weighted by Gasteiger charge is -2.09. The highest BCUT2D eigenvalue weighted by Crippen LogP contribution is 2.17. The van der Waals surface area contributed by atoms with Gasteiger partial charge in [0.05, 0.1) is 18.5 Å². The summed E-state index contributed by atoms with van der Waals surface area (Å²) in [5, 5.41) is 13.9. The van der Waals surface area contributed by atoms with Gasteiger partial charge in [-0.2, -0.15) is 0 Å². The molecule has 0 aliphatic heterocycles. The second-order valence-electron chi connectivity index (χ2n) is 4.55. The lowest BCUT2D eigenvalue weighted by Crippen LogP contribution is -2.10. The predicted molar refractivity (Wildman–Crippen MR) is 84.3 cm³/mol. The van der Waals surface area contributed by atoms with Crippen molar-refractivity contribution in [2.75, 3.05) is 17.7 Å². The van der Waals surface area contributed by atoms with Crippen LogP contribution in [0.3, 0.4) is 0 Å². The fourth-order valence-corrected chi connectivity index (χ4v) is 1.93. The first kappa shape index (κ1) is 15.7. The van der Waals surface area contributed by atoms with Crippen LogP contribution in [0.2, 0.25) is 0 Å². The van der Waals surface area contributed by atoms with E-state index in [2.05, 4.69) is 30.6 Å². The minimum atomic E-state index is -0.504. The van der Waals surface area contributed by atoms with Crippen molar-refractivity contribution in [1.29, 1.82) is 0 Å². The van der Waals surface area contributed by atoms with Crippen LogP contribution in [0.1, 0.15) is 25.2 Å². The number of carbonyl (C=O) groups is 1. The zero-order valence-electron chi connectivity index (χ0n) is 12.9. The summed E-state index contributed by atoms with van der Waals surface area (Å²) in [6.45, 7) is 4.07. The Bertz CT molecular complexity index is 643. The van der Waals surface area contributed by atoms with E-state index in [9.17, 15) is 4.79 Å². The summed E-state index contributed by atoms with van der Waals surface area (Å²) in [6.07, 6.45) is 1.13. The minimum absolute atomic E-state index is 0.461. The van der Waals surface area contributed by atoms with Crippen molar-refractivity contribution >= 4 is 23.4 Å². The maximum atomic E-state index is 11.1. The van der Waals surface area contributed by atoms with Crippen molar-refractivity contribution in [3.05, 3.63) is 35.7 Å². The third-order valence-corrected chi connectivity index (χ3v) is 3.08. The van der Waals surface area contributed by atoms with E-state index in [4.69, 9.17) is 0 Å². The van der Waals surface area contributed by atoms with Crippen LogP contribution in [-0.4, -0.2) is 28.4 Å². The van der Waals surface area contributed by atoms with E-state index >= 15 is 0 Å². The van der Waals surface area contributed by atoms with Gasteiger partial charge in [0.1, 0.15) is 0 Å². The molecule has 2 aromatic rings. The fraction of sp³-hybridized carbons (Fsp3) is 0.333. The van der Waals surface area contributed by atoms with E-state index in [1.165, 1.54) is 7.11 Å². The maximum Gasteiger partial charge on any atom is 0.411 e. The number of amides is 1. The Kier molecular flexibility index (Phi) is 5.24. The molecule has 2 rings (SSSR count). The largest absolute Gasteiger partial charge is 0.453 e. The summed E-state index contributed by atoms with van der Waals surface area (Å²) in [4.78, 5) is 15.6. The van der Waals surface area contributed by atoms with Crippen LogP contribution in [0.5, 0.6) is 0 Å². The Morgan fingerprint density at radius 2 is 1.68 bits per heavy atom. The Hall–Kier alpha value is -2.70. The average molecular weight is 301 g/mol. The zero-order chi connectivity index (χ0) is 15.9. The molecule has 0 radical (unpaired) electrons. The van der Waals surface area contributed by atoms with E-state index in [0.717, 1.165) is 29.9 Å². The van der Waals surface area contributed by atoms with Gasteiger partial charge in [0.25, 0.3) is 0 Å². The molecule has 0 aliphatic carbocycles. The van der Waals surface area contributed by atoms with Crippen molar-refractivity contribution in [2.45, 2.75) is 26.7 Å². The minimum Gasteiger partial charge on any atom is -0.453 e. The summed E-state index contributed by atoms with van der Waals surface area (Å²) >= 11 is 0. The molecule has 1 aromatic carbocycles. The van der Waals surface area contributed by atoms with Crippen LogP contribution in [0.15, 0.2) is 24.3 Å². The molecule has 0 bridgehead atoms. The third kappa shape index (κ3) is 3.91. The summed E-state index contributed by atoms with van der Waals surface area (Å²) in [5.41, 5.74) is 3.32. The van der Waals surface area contributed by atoms with Crippen LogP contribution in [-0.2, 0) is 17.6 Å². The van der Waals surface area contributed by atoms with Gasteiger partial charge in [-0.25, -0.2) is 9.78 Å². The summed E-state index contributed by atoms with van der Waals surface area (Å²) in [5.74, 6) is 0.461. The van der Waals surface area contributed by atoms with E-state index in [1.54, 1.807) is 12.1 Å². The molecule has 0 unspecified atom stereocenters. The van der Waals surface area contributed by atoms with Crippen molar-refractivity contribution < 1.29 is 9.53 Å². The monoisotopic (exact) mass is 301 g/mol. The molecule has 7 nitrogen and oxygen atoms in total. The molecule has 0 fully saturated rings. The average Bonchev–Trinajstić information content (AvgIpc) is 2.56. The number of benzene rings is 1. The highest BCUT2D eigenvalue weighted by molar-refractivity contribution is 5.84. The van der Waals surface area contributed by atoms with E-state index in [-0.39, 0.29) is 0 Å². The molecule has 1 heterocycles. The number of hydrogen-bond donors (Lipinski definition) is 2. The number of ether oxygens (including phenoxy) is 1. The van der Waals surface area contributed by atoms with Crippen molar-refractivity contribution in [3.63, 3.8) is 0 Å². The first-order valence-corrected chi connectivity index (χ1v) is 7.10. The highest BCUT2D eigenvalue weighted by Gasteiger charge is 2.06. The predicted octanol–water partition coefficient (Wildman–Crippen LogP) is 2.92. The lowest BCUT2D eigenvalue weighted by atomic mass is 10.2. The van der Waals surface area contributed by atoms with Crippen molar-refractivity contribution in [2.24, 2.45) is 0 Å². The van der Waals surface area contributed by atoms with Crippen molar-refractivity contribution in [1.82, 2.24) is 15.2 Å². The summed E-state index contributed by atoms with van der Waals surface area (Å²) < 4.78 is 4.53. The summed E-state index contributed by atoms with van der Waals surface area (Å²) in [7, 11) is 1.32. The number of nitrogens with zero attached hydrogens (tertiary/aromatic N) is 3. The molecule has 1 amide bonds. The number of hydrogen-bond acceptors (Lipinski definition) is 6. The Morgan fingerprint density at radius 1 is 1.05 bits per heavy atom. The number of rotatable bonds is 5. The topological polar surface area (TPSA) is 89.0 Å². The quantitative estimate of drug-likeness (QED) is 0.882. The van der Waals surface area contributed by atoms with Crippen LogP contribution in [0, 0.1) is 0 Å². The Balaban J connectivity index is 2.09. The molecule has 0 atom stereocenters. The fourth-order valence-electron chi connectivity index (χ4n) is 1.93. The number of aryl methyl sites for hydroxylation is 2. The van der Waals surface area contributed by atoms with Gasteiger partial charge < -0.3 is 10.1 Å². The molecule has 0 saturated carbocycles. The van der Waals surface area contributed by atoms with Crippen LogP contribution >= 0.6 is 0 Å². The Labute approximate surface area is 129 Å². The SMILES string of the molecule is CCc1nnc(Nc2ccc(NC(=O)OC)cc2)nc1CC. The number of methoxy groups -OCH3 is 1. The van der Waals surface area contributed by atoms with E-state index < -0.39 is 6.09 Å². The molecule has 1 aromatic heterocycles. The summed E-state index contributed by atoms with van der Waals surface area (Å²) in [6, 6.07) is 7.14. The lowest BCUT2D eigenvalue weighted by molar-refractivity contribution is 0.187. The van der Waals surface area contributed by atoms with Gasteiger partial charge in [0, 0.05) is 11.4 Å². The maximum absolute atomic E-state index is 11.1. The molecule has 2 N–H and O–H groups in total. The van der Waals surface area contributed by atoms with Gasteiger partial charge in [-0.1, -0.05) is 13.8 Å². The first-order valence-electron chi connectivity index (χ1n) is 7.10. The molecule has 22 heavy (non-hydrogen) atoms. The van der Waals surface area contributed by atoms with Crippen LogP contribution in [0.25, 0.3) is 0 Å². The van der Waals surface area contributed by atoms with E-state index in [1.807, 2.05) is 26.0 Å². The smallest absolute Gasteiger partial charge is 0.411 e. The standard InChI is InChI=1S/C15H19N5O2/c1-4-12-13(5-2)19-20-14(18-12)16-10-6-8-11(9-7-10)17-15(21)22-3/h6-9H,4-5H2,1-3H3,(H,17,21)(H,16,18,20). The molecule has 7 heteroatoms. The van der Waals surface area contributed by atoms with Gasteiger partial charge in [0.15, 0.2) is 0 Å². The number of aromatic nitrogens is 3. The first-order chi connectivity index (χ1) is 10.7. The number of carbonyl (C=O) groups excluding carboxylic acids is 1. The normalized spacial score (nSPS) is 10.1. The number of nitrogens with one attached hydrogen (secondary N) is 2. The third-order valence-electron chi connectivity index (χ3n) is 3.08. The van der Waals surface area contributed by atoms with E-state index in [0.29, 0.717) is 11.6 Å². The number of anilines is 3. The van der Waals surface area contributed by atoms with Gasteiger partial charge >= 0.3 is 6.09 Å². The van der Waals surface area contributed by atoms with Crippen LogP contribution < -0.4 is 10.6 Å². The molecular weight excluding hydrogens is 282 g/mol. The molecule has 0 saturated heterocycles.